The number of hydrogen-bond acceptors (Lipinski definition) is 3. The van der Waals surface area contributed by atoms with E-state index in [-0.39, 0.29) is 12.0 Å². The van der Waals surface area contributed by atoms with Gasteiger partial charge in [-0.3, -0.25) is 4.79 Å². The van der Waals surface area contributed by atoms with Crippen molar-refractivity contribution in [3.63, 3.8) is 0 Å². The molecule has 0 saturated heterocycles. The summed E-state index contributed by atoms with van der Waals surface area (Å²) in [5, 5.41) is 12.7. The van der Waals surface area contributed by atoms with Crippen molar-refractivity contribution in [2.75, 3.05) is 6.54 Å². The van der Waals surface area contributed by atoms with Gasteiger partial charge in [-0.2, -0.15) is 0 Å². The van der Waals surface area contributed by atoms with E-state index < -0.39 is 0 Å². The van der Waals surface area contributed by atoms with E-state index in [0.717, 1.165) is 37.9 Å². The minimum Gasteiger partial charge on any atom is -0.462 e. The van der Waals surface area contributed by atoms with Crippen LogP contribution in [-0.2, 0) is 4.79 Å². The molecule has 2 N–H and O–H groups in total. The zero-order valence-corrected chi connectivity index (χ0v) is 12.7. The quantitative estimate of drug-likeness (QED) is 0.625. The summed E-state index contributed by atoms with van der Waals surface area (Å²) in [4.78, 5) is 11.6. The van der Waals surface area contributed by atoms with Gasteiger partial charge in [0.05, 0.1) is 6.10 Å². The van der Waals surface area contributed by atoms with Gasteiger partial charge in [-0.25, -0.2) is 0 Å². The smallest absolute Gasteiger partial charge is 0.244 e. The van der Waals surface area contributed by atoms with E-state index in [4.69, 9.17) is 4.42 Å². The summed E-state index contributed by atoms with van der Waals surface area (Å²) < 4.78 is 5.36. The Bertz CT molecular complexity index is 478. The fraction of sp³-hybridized carbons (Fsp3) is 0.588. The average Bonchev–Trinajstić information content (AvgIpc) is 2.89. The normalized spacial score (nSPS) is 22.6. The topological polar surface area (TPSA) is 62.5 Å². The number of carbonyl (C=O) groups excluding carboxylic acids is 1. The van der Waals surface area contributed by atoms with Crippen LogP contribution in [0.1, 0.15) is 50.0 Å². The molecule has 0 spiro atoms. The van der Waals surface area contributed by atoms with Gasteiger partial charge in [0.15, 0.2) is 0 Å². The zero-order valence-electron chi connectivity index (χ0n) is 12.7. The maximum absolute atomic E-state index is 11.6. The molecule has 0 bridgehead atoms. The van der Waals surface area contributed by atoms with E-state index in [1.165, 1.54) is 12.5 Å². The van der Waals surface area contributed by atoms with Crippen LogP contribution in [0.15, 0.2) is 22.6 Å². The molecule has 1 amide bonds. The van der Waals surface area contributed by atoms with Crippen LogP contribution < -0.4 is 5.32 Å². The molecule has 1 aliphatic carbocycles. The van der Waals surface area contributed by atoms with Crippen LogP contribution in [0.5, 0.6) is 0 Å². The van der Waals surface area contributed by atoms with Crippen molar-refractivity contribution < 1.29 is 14.3 Å². The third-order valence-corrected chi connectivity index (χ3v) is 4.08. The lowest BCUT2D eigenvalue weighted by Crippen LogP contribution is -2.27. The van der Waals surface area contributed by atoms with Gasteiger partial charge in [0.2, 0.25) is 5.91 Å². The van der Waals surface area contributed by atoms with Crippen LogP contribution in [0.25, 0.3) is 6.08 Å². The average molecular weight is 291 g/mol. The first-order valence-corrected chi connectivity index (χ1v) is 7.85. The Hall–Kier alpha value is -1.55. The highest BCUT2D eigenvalue weighted by atomic mass is 16.3. The maximum Gasteiger partial charge on any atom is 0.244 e. The van der Waals surface area contributed by atoms with Crippen LogP contribution in [-0.4, -0.2) is 23.7 Å². The standard InChI is InChI=1S/C17H25NO3/c1-13-8-9-15(21-13)10-11-17(20)18-12-4-6-14-5-2-3-7-16(14)19/h8-11,14,16,19H,2-7,12H2,1H3,(H,18,20)/b11-10+. The number of amides is 1. The predicted octanol–water partition coefficient (Wildman–Crippen LogP) is 3.05. The number of aryl methyl sites for hydroxylation is 1. The van der Waals surface area contributed by atoms with Crippen LogP contribution in [0.3, 0.4) is 0 Å². The second kappa shape index (κ2) is 8.03. The van der Waals surface area contributed by atoms with Gasteiger partial charge in [-0.1, -0.05) is 12.8 Å². The third-order valence-electron chi connectivity index (χ3n) is 4.08. The summed E-state index contributed by atoms with van der Waals surface area (Å²) in [5.41, 5.74) is 0. The lowest BCUT2D eigenvalue weighted by atomic mass is 9.83. The van der Waals surface area contributed by atoms with Crippen LogP contribution >= 0.6 is 0 Å². The summed E-state index contributed by atoms with van der Waals surface area (Å²) in [6, 6.07) is 3.70. The first-order chi connectivity index (χ1) is 10.1. The Morgan fingerprint density at radius 3 is 2.95 bits per heavy atom. The van der Waals surface area contributed by atoms with Gasteiger partial charge in [0.25, 0.3) is 0 Å². The van der Waals surface area contributed by atoms with Crippen molar-refractivity contribution in [3.8, 4) is 0 Å². The highest BCUT2D eigenvalue weighted by Gasteiger charge is 2.22. The molecule has 0 aliphatic heterocycles. The molecule has 1 aromatic heterocycles. The fourth-order valence-electron chi connectivity index (χ4n) is 2.86. The summed E-state index contributed by atoms with van der Waals surface area (Å²) in [5.74, 6) is 1.83. The molecule has 0 radical (unpaired) electrons. The molecule has 2 unspecified atom stereocenters. The van der Waals surface area contributed by atoms with E-state index in [2.05, 4.69) is 5.32 Å². The first kappa shape index (κ1) is 15.8. The molecule has 4 nitrogen and oxygen atoms in total. The monoisotopic (exact) mass is 291 g/mol. The van der Waals surface area contributed by atoms with Gasteiger partial charge in [-0.15, -0.1) is 0 Å². The van der Waals surface area contributed by atoms with Crippen molar-refractivity contribution >= 4 is 12.0 Å². The SMILES string of the molecule is Cc1ccc(/C=C/C(=O)NCCCC2CCCCC2O)o1. The van der Waals surface area contributed by atoms with E-state index >= 15 is 0 Å². The van der Waals surface area contributed by atoms with E-state index in [9.17, 15) is 9.90 Å². The molecule has 1 aliphatic rings. The summed E-state index contributed by atoms with van der Waals surface area (Å²) in [6.07, 6.45) is 9.35. The molecule has 0 aromatic carbocycles. The molecule has 1 fully saturated rings. The van der Waals surface area contributed by atoms with Gasteiger partial charge in [0.1, 0.15) is 11.5 Å². The Balaban J connectivity index is 1.62. The molecule has 1 aromatic rings. The maximum atomic E-state index is 11.6. The summed E-state index contributed by atoms with van der Waals surface area (Å²) >= 11 is 0. The number of aliphatic hydroxyl groups excluding tert-OH is 1. The van der Waals surface area contributed by atoms with Crippen molar-refractivity contribution in [1.29, 1.82) is 0 Å². The van der Waals surface area contributed by atoms with Crippen molar-refractivity contribution in [3.05, 3.63) is 29.7 Å². The predicted molar refractivity (Wildman–Crippen MR) is 82.7 cm³/mol. The summed E-state index contributed by atoms with van der Waals surface area (Å²) in [7, 11) is 0. The molecule has 1 heterocycles. The Morgan fingerprint density at radius 2 is 2.24 bits per heavy atom. The van der Waals surface area contributed by atoms with Gasteiger partial charge in [-0.05, 0) is 56.7 Å². The van der Waals surface area contributed by atoms with Gasteiger partial charge in [0, 0.05) is 12.6 Å². The molecular weight excluding hydrogens is 266 g/mol. The van der Waals surface area contributed by atoms with E-state index in [1.807, 2.05) is 19.1 Å². The number of aliphatic hydroxyl groups is 1. The van der Waals surface area contributed by atoms with Gasteiger partial charge < -0.3 is 14.8 Å². The number of carbonyl (C=O) groups is 1. The Kier molecular flexibility index (Phi) is 6.05. The Morgan fingerprint density at radius 1 is 1.43 bits per heavy atom. The lowest BCUT2D eigenvalue weighted by molar-refractivity contribution is -0.116. The highest BCUT2D eigenvalue weighted by molar-refractivity contribution is 5.91. The number of rotatable bonds is 6. The molecule has 1 saturated carbocycles. The minimum absolute atomic E-state index is 0.103. The number of nitrogens with one attached hydrogen (secondary N) is 1. The fourth-order valence-corrected chi connectivity index (χ4v) is 2.86. The van der Waals surface area contributed by atoms with Crippen molar-refractivity contribution in [2.24, 2.45) is 5.92 Å². The van der Waals surface area contributed by atoms with Crippen LogP contribution in [0.2, 0.25) is 0 Å². The molecule has 21 heavy (non-hydrogen) atoms. The van der Waals surface area contributed by atoms with Crippen LogP contribution in [0.4, 0.5) is 0 Å². The number of furan rings is 1. The molecule has 116 valence electrons. The van der Waals surface area contributed by atoms with Crippen LogP contribution in [0, 0.1) is 12.8 Å². The molecular formula is C17H25NO3. The molecule has 4 heteroatoms. The minimum atomic E-state index is -0.142. The largest absolute Gasteiger partial charge is 0.462 e. The third kappa shape index (κ3) is 5.38. The van der Waals surface area contributed by atoms with Crippen molar-refractivity contribution in [2.45, 2.75) is 51.6 Å². The van der Waals surface area contributed by atoms with E-state index in [1.54, 1.807) is 6.08 Å². The number of hydrogen-bond donors (Lipinski definition) is 2. The highest BCUT2D eigenvalue weighted by Crippen LogP contribution is 2.27. The molecule has 2 atom stereocenters. The molecule has 2 rings (SSSR count). The second-order valence-corrected chi connectivity index (χ2v) is 5.83. The lowest BCUT2D eigenvalue weighted by Gasteiger charge is -2.27. The van der Waals surface area contributed by atoms with Gasteiger partial charge >= 0.3 is 0 Å². The zero-order chi connectivity index (χ0) is 15.1. The van der Waals surface area contributed by atoms with Crippen molar-refractivity contribution in [1.82, 2.24) is 5.32 Å². The van der Waals surface area contributed by atoms with E-state index in [0.29, 0.717) is 18.2 Å². The summed E-state index contributed by atoms with van der Waals surface area (Å²) in [6.45, 7) is 2.53. The second-order valence-electron chi connectivity index (χ2n) is 5.83. The first-order valence-electron chi connectivity index (χ1n) is 7.85. The Labute approximate surface area is 126 Å².